The molecule has 0 aliphatic heterocycles. The van der Waals surface area contributed by atoms with Gasteiger partial charge in [-0.3, -0.25) is 0 Å². The Kier molecular flexibility index (Phi) is 9.73. The molecule has 0 aliphatic rings. The maximum Gasteiger partial charge on any atom is 0.419 e. The molecule has 3 aromatic rings. The molecule has 14 heteroatoms. The number of ether oxygens (including phenoxy) is 3. The summed E-state index contributed by atoms with van der Waals surface area (Å²) >= 11 is 0. The second-order valence-corrected chi connectivity index (χ2v) is 12.4. The molecule has 0 fully saturated rings. The summed E-state index contributed by atoms with van der Waals surface area (Å²) in [6.07, 6.45) is -1.54. The second-order valence-electron chi connectivity index (χ2n) is 9.26. The molecule has 0 N–H and O–H groups in total. The van der Waals surface area contributed by atoms with Gasteiger partial charge in [0.1, 0.15) is 23.9 Å². The molecule has 0 bridgehead atoms. The van der Waals surface area contributed by atoms with E-state index in [9.17, 15) is 30.0 Å². The van der Waals surface area contributed by atoms with Gasteiger partial charge in [-0.05, 0) is 61.4 Å². The van der Waals surface area contributed by atoms with Gasteiger partial charge < -0.3 is 22.6 Å². The van der Waals surface area contributed by atoms with Crippen molar-refractivity contribution in [3.05, 3.63) is 65.7 Å². The SMILES string of the molecule is COc1cc(-c2ccc(OS(C)(=O)=O)cc2)c(OC)c(OS(C)(=O)=O)c1-c1ccc(OCC=C(C)C)c(C(F)(F)F)c1. The summed E-state index contributed by atoms with van der Waals surface area (Å²) in [6, 6.07) is 10.3. The molecule has 9 nitrogen and oxygen atoms in total. The van der Waals surface area contributed by atoms with Gasteiger partial charge in [0.25, 0.3) is 0 Å². The zero-order valence-electron chi connectivity index (χ0n) is 23.5. The van der Waals surface area contributed by atoms with Crippen LogP contribution < -0.4 is 22.6 Å². The van der Waals surface area contributed by atoms with Crippen molar-refractivity contribution in [1.29, 1.82) is 0 Å². The van der Waals surface area contributed by atoms with Crippen LogP contribution in [0.3, 0.4) is 0 Å². The Morgan fingerprint density at radius 1 is 0.786 bits per heavy atom. The summed E-state index contributed by atoms with van der Waals surface area (Å²) in [4.78, 5) is 0. The van der Waals surface area contributed by atoms with Crippen LogP contribution in [-0.4, -0.2) is 50.2 Å². The molecule has 0 amide bonds. The molecule has 42 heavy (non-hydrogen) atoms. The van der Waals surface area contributed by atoms with Crippen LogP contribution >= 0.6 is 0 Å². The Balaban J connectivity index is 2.30. The molecule has 0 saturated heterocycles. The first-order chi connectivity index (χ1) is 19.4. The minimum atomic E-state index is -4.82. The molecular weight excluding hydrogens is 601 g/mol. The van der Waals surface area contributed by atoms with Crippen molar-refractivity contribution in [3.8, 4) is 51.0 Å². The fraction of sp³-hybridized carbons (Fsp3) is 0.286. The van der Waals surface area contributed by atoms with Gasteiger partial charge in [-0.25, -0.2) is 0 Å². The lowest BCUT2D eigenvalue weighted by atomic mass is 9.95. The molecule has 3 rings (SSSR count). The fourth-order valence-electron chi connectivity index (χ4n) is 3.89. The first kappa shape index (κ1) is 32.6. The largest absolute Gasteiger partial charge is 0.496 e. The predicted octanol–water partition coefficient (Wildman–Crippen LogP) is 6.08. The van der Waals surface area contributed by atoms with Gasteiger partial charge in [-0.15, -0.1) is 0 Å². The van der Waals surface area contributed by atoms with E-state index >= 15 is 0 Å². The van der Waals surface area contributed by atoms with Gasteiger partial charge in [-0.2, -0.15) is 30.0 Å². The van der Waals surface area contributed by atoms with E-state index in [-0.39, 0.29) is 40.5 Å². The van der Waals surface area contributed by atoms with Gasteiger partial charge in [0.15, 0.2) is 11.5 Å². The molecule has 0 saturated carbocycles. The first-order valence-electron chi connectivity index (χ1n) is 12.1. The van der Waals surface area contributed by atoms with Gasteiger partial charge in [0.2, 0.25) is 0 Å². The first-order valence-corrected chi connectivity index (χ1v) is 15.7. The third kappa shape index (κ3) is 8.32. The fourth-order valence-corrected chi connectivity index (χ4v) is 4.82. The van der Waals surface area contributed by atoms with Crippen molar-refractivity contribution >= 4 is 20.2 Å². The lowest BCUT2D eigenvalue weighted by Crippen LogP contribution is -2.11. The van der Waals surface area contributed by atoms with Crippen LogP contribution in [0.15, 0.2) is 60.2 Å². The molecule has 0 spiro atoms. The molecule has 0 unspecified atom stereocenters. The summed E-state index contributed by atoms with van der Waals surface area (Å²) in [5, 5.41) is 0. The molecular formula is C28H29F3O9S2. The Bertz CT molecular complexity index is 1690. The van der Waals surface area contributed by atoms with Crippen molar-refractivity contribution in [1.82, 2.24) is 0 Å². The van der Waals surface area contributed by atoms with Crippen molar-refractivity contribution in [3.63, 3.8) is 0 Å². The molecule has 0 heterocycles. The van der Waals surface area contributed by atoms with Crippen LogP contribution in [0.5, 0.6) is 28.7 Å². The molecule has 3 aromatic carbocycles. The number of methoxy groups -OCH3 is 2. The van der Waals surface area contributed by atoms with Crippen LogP contribution in [-0.2, 0) is 26.4 Å². The number of rotatable bonds is 11. The average Bonchev–Trinajstić information content (AvgIpc) is 2.86. The third-order valence-electron chi connectivity index (χ3n) is 5.58. The van der Waals surface area contributed by atoms with E-state index in [1.807, 2.05) is 0 Å². The maximum absolute atomic E-state index is 14.1. The summed E-state index contributed by atoms with van der Waals surface area (Å²) in [5.74, 6) is -0.994. The van der Waals surface area contributed by atoms with Crippen LogP contribution in [0, 0.1) is 0 Å². The quantitative estimate of drug-likeness (QED) is 0.184. The summed E-state index contributed by atoms with van der Waals surface area (Å²) in [6.45, 7) is 3.47. The number of hydrogen-bond donors (Lipinski definition) is 0. The molecule has 228 valence electrons. The van der Waals surface area contributed by atoms with Gasteiger partial charge in [-0.1, -0.05) is 23.8 Å². The van der Waals surface area contributed by atoms with Crippen molar-refractivity contribution in [2.45, 2.75) is 20.0 Å². The van der Waals surface area contributed by atoms with Crippen LogP contribution in [0.2, 0.25) is 0 Å². The maximum atomic E-state index is 14.1. The Labute approximate surface area is 242 Å². The number of hydrogen-bond acceptors (Lipinski definition) is 9. The van der Waals surface area contributed by atoms with Crippen molar-refractivity contribution in [2.75, 3.05) is 33.3 Å². The average molecular weight is 631 g/mol. The van der Waals surface area contributed by atoms with Crippen LogP contribution in [0.1, 0.15) is 19.4 Å². The normalized spacial score (nSPS) is 11.9. The lowest BCUT2D eigenvalue weighted by Gasteiger charge is -2.21. The zero-order valence-corrected chi connectivity index (χ0v) is 25.2. The molecule has 0 radical (unpaired) electrons. The molecule has 0 aromatic heterocycles. The highest BCUT2D eigenvalue weighted by atomic mass is 32.2. The lowest BCUT2D eigenvalue weighted by molar-refractivity contribution is -0.138. The smallest absolute Gasteiger partial charge is 0.419 e. The van der Waals surface area contributed by atoms with Crippen molar-refractivity contribution < 1.29 is 52.6 Å². The van der Waals surface area contributed by atoms with E-state index in [1.54, 1.807) is 19.9 Å². The van der Waals surface area contributed by atoms with E-state index in [4.69, 9.17) is 22.6 Å². The van der Waals surface area contributed by atoms with Crippen LogP contribution in [0.4, 0.5) is 13.2 Å². The summed E-state index contributed by atoms with van der Waals surface area (Å²) in [7, 11) is -5.54. The monoisotopic (exact) mass is 630 g/mol. The van der Waals surface area contributed by atoms with E-state index < -0.39 is 43.5 Å². The van der Waals surface area contributed by atoms with E-state index in [0.29, 0.717) is 5.56 Å². The van der Waals surface area contributed by atoms with Gasteiger partial charge >= 0.3 is 26.4 Å². The number of allylic oxidation sites excluding steroid dienone is 1. The topological polar surface area (TPSA) is 114 Å². The highest BCUT2D eigenvalue weighted by Gasteiger charge is 2.36. The van der Waals surface area contributed by atoms with Gasteiger partial charge in [0.05, 0.1) is 37.9 Å². The molecule has 0 atom stereocenters. The number of alkyl halides is 3. The Hall–Kier alpha value is -3.91. The summed E-state index contributed by atoms with van der Waals surface area (Å²) in [5.41, 5.74) is 0.183. The highest BCUT2D eigenvalue weighted by Crippen LogP contribution is 2.52. The summed E-state index contributed by atoms with van der Waals surface area (Å²) < 4.78 is 116. The minimum Gasteiger partial charge on any atom is -0.496 e. The Morgan fingerprint density at radius 3 is 1.88 bits per heavy atom. The highest BCUT2D eigenvalue weighted by molar-refractivity contribution is 7.86. The van der Waals surface area contributed by atoms with Crippen LogP contribution in [0.25, 0.3) is 22.3 Å². The Morgan fingerprint density at radius 2 is 1.38 bits per heavy atom. The number of halogens is 3. The van der Waals surface area contributed by atoms with E-state index in [2.05, 4.69) is 0 Å². The van der Waals surface area contributed by atoms with Gasteiger partial charge in [0, 0.05) is 5.56 Å². The standard InChI is InChI=1S/C28H29F3O9S2/c1-17(2)13-14-38-23-12-9-19(15-22(23)28(29,30)31)25-24(36-3)16-21(26(37-4)27(25)40-42(6,34)35)18-7-10-20(11-8-18)39-41(5,32)33/h7-13,15-16H,14H2,1-6H3. The van der Waals surface area contributed by atoms with E-state index in [0.717, 1.165) is 30.2 Å². The van der Waals surface area contributed by atoms with Crippen molar-refractivity contribution in [2.24, 2.45) is 0 Å². The zero-order chi connectivity index (χ0) is 31.5. The second kappa shape index (κ2) is 12.5. The minimum absolute atomic E-state index is 0.0167. The third-order valence-corrected chi connectivity index (χ3v) is 6.54. The molecule has 0 aliphatic carbocycles. The van der Waals surface area contributed by atoms with E-state index in [1.165, 1.54) is 50.6 Å². The predicted molar refractivity (Wildman–Crippen MR) is 151 cm³/mol. The number of benzene rings is 3.